The van der Waals surface area contributed by atoms with Crippen molar-refractivity contribution in [2.24, 2.45) is 0 Å². The minimum absolute atomic E-state index is 0.219. The van der Waals surface area contributed by atoms with Crippen LogP contribution in [0.25, 0.3) is 0 Å². The average molecular weight is 291 g/mol. The fraction of sp³-hybridized carbons (Fsp3) is 0.400. The lowest BCUT2D eigenvalue weighted by Crippen LogP contribution is -2.21. The van der Waals surface area contributed by atoms with Crippen LogP contribution >= 0.6 is 11.3 Å². The van der Waals surface area contributed by atoms with E-state index in [1.807, 2.05) is 25.1 Å². The lowest BCUT2D eigenvalue weighted by Gasteiger charge is -2.20. The summed E-state index contributed by atoms with van der Waals surface area (Å²) in [4.78, 5) is 8.08. The maximum atomic E-state index is 13.3. The molecule has 0 fully saturated rings. The van der Waals surface area contributed by atoms with Crippen LogP contribution in [0.15, 0.2) is 24.3 Å². The Hall–Kier alpha value is -1.46. The van der Waals surface area contributed by atoms with Crippen molar-refractivity contribution in [1.29, 1.82) is 0 Å². The van der Waals surface area contributed by atoms with Gasteiger partial charge in [-0.1, -0.05) is 6.07 Å². The Labute approximate surface area is 122 Å². The van der Waals surface area contributed by atoms with Crippen molar-refractivity contribution in [2.75, 3.05) is 19.0 Å². The van der Waals surface area contributed by atoms with E-state index in [1.54, 1.807) is 17.4 Å². The van der Waals surface area contributed by atoms with Crippen LogP contribution in [-0.2, 0) is 6.42 Å². The molecule has 0 spiro atoms. The zero-order chi connectivity index (χ0) is 14.1. The van der Waals surface area contributed by atoms with Gasteiger partial charge in [-0.2, -0.15) is 0 Å². The van der Waals surface area contributed by atoms with Crippen molar-refractivity contribution in [3.63, 3.8) is 0 Å². The van der Waals surface area contributed by atoms with Crippen molar-refractivity contribution in [3.8, 4) is 0 Å². The molecule has 1 aromatic heterocycles. The monoisotopic (exact) mass is 291 g/mol. The number of aromatic nitrogens is 1. The van der Waals surface area contributed by atoms with Gasteiger partial charge in [0.25, 0.3) is 0 Å². The maximum absolute atomic E-state index is 13.3. The standard InChI is InChI=1S/C15H18FN3S/c1-17-12-7-4-8-13-14(12)18-15(20-13)19(2)11-6-3-5-10(16)9-11/h3,5-6,9,12,17H,4,7-8H2,1-2H3. The molecule has 0 radical (unpaired) electrons. The van der Waals surface area contributed by atoms with Gasteiger partial charge in [-0.25, -0.2) is 9.37 Å². The average Bonchev–Trinajstić information content (AvgIpc) is 2.90. The maximum Gasteiger partial charge on any atom is 0.190 e. The van der Waals surface area contributed by atoms with Crippen LogP contribution in [0.2, 0.25) is 0 Å². The van der Waals surface area contributed by atoms with E-state index in [4.69, 9.17) is 4.98 Å². The predicted octanol–water partition coefficient (Wildman–Crippen LogP) is 3.65. The molecule has 20 heavy (non-hydrogen) atoms. The van der Waals surface area contributed by atoms with Crippen LogP contribution in [0.3, 0.4) is 0 Å². The Kier molecular flexibility index (Phi) is 3.72. The van der Waals surface area contributed by atoms with Gasteiger partial charge in [-0.3, -0.25) is 0 Å². The molecule has 1 unspecified atom stereocenters. The summed E-state index contributed by atoms with van der Waals surface area (Å²) in [6, 6.07) is 6.98. The second-order valence-electron chi connectivity index (χ2n) is 5.08. The fourth-order valence-electron chi connectivity index (χ4n) is 2.63. The van der Waals surface area contributed by atoms with E-state index in [1.165, 1.54) is 29.1 Å². The van der Waals surface area contributed by atoms with E-state index >= 15 is 0 Å². The number of rotatable bonds is 3. The molecule has 1 aliphatic rings. The molecule has 3 nitrogen and oxygen atoms in total. The summed E-state index contributed by atoms with van der Waals surface area (Å²) in [5, 5.41) is 4.26. The zero-order valence-corrected chi connectivity index (χ0v) is 12.5. The minimum atomic E-state index is -0.219. The topological polar surface area (TPSA) is 28.2 Å². The van der Waals surface area contributed by atoms with Crippen molar-refractivity contribution in [2.45, 2.75) is 25.3 Å². The van der Waals surface area contributed by atoms with Crippen LogP contribution in [-0.4, -0.2) is 19.1 Å². The molecule has 0 aliphatic heterocycles. The van der Waals surface area contributed by atoms with Gasteiger partial charge in [-0.05, 0) is 44.5 Å². The molecule has 1 atom stereocenters. The van der Waals surface area contributed by atoms with Gasteiger partial charge >= 0.3 is 0 Å². The number of hydrogen-bond donors (Lipinski definition) is 1. The van der Waals surface area contributed by atoms with E-state index in [0.29, 0.717) is 6.04 Å². The number of halogens is 1. The van der Waals surface area contributed by atoms with Crippen LogP contribution < -0.4 is 10.2 Å². The highest BCUT2D eigenvalue weighted by Crippen LogP contribution is 2.38. The molecule has 0 saturated heterocycles. The molecule has 0 bridgehead atoms. The Morgan fingerprint density at radius 2 is 2.30 bits per heavy atom. The van der Waals surface area contributed by atoms with Crippen LogP contribution in [0.4, 0.5) is 15.2 Å². The van der Waals surface area contributed by atoms with Crippen molar-refractivity contribution in [1.82, 2.24) is 10.3 Å². The van der Waals surface area contributed by atoms with Gasteiger partial charge in [0.05, 0.1) is 11.7 Å². The van der Waals surface area contributed by atoms with E-state index in [-0.39, 0.29) is 5.82 Å². The first-order valence-electron chi connectivity index (χ1n) is 6.85. The quantitative estimate of drug-likeness (QED) is 0.935. The first-order chi connectivity index (χ1) is 9.69. The molecule has 3 rings (SSSR count). The van der Waals surface area contributed by atoms with Gasteiger partial charge in [0.1, 0.15) is 5.82 Å². The summed E-state index contributed by atoms with van der Waals surface area (Å²) in [7, 11) is 3.92. The summed E-state index contributed by atoms with van der Waals surface area (Å²) >= 11 is 1.72. The van der Waals surface area contributed by atoms with Gasteiger partial charge in [0, 0.05) is 17.6 Å². The normalized spacial score (nSPS) is 17.9. The molecule has 1 heterocycles. The highest BCUT2D eigenvalue weighted by atomic mass is 32.1. The van der Waals surface area contributed by atoms with Crippen LogP contribution in [0, 0.1) is 5.82 Å². The zero-order valence-electron chi connectivity index (χ0n) is 11.7. The molecule has 0 saturated carbocycles. The minimum Gasteiger partial charge on any atom is -0.321 e. The number of thiazole rings is 1. The summed E-state index contributed by atoms with van der Waals surface area (Å²) in [5.74, 6) is -0.219. The molecule has 1 aromatic carbocycles. The first-order valence-corrected chi connectivity index (χ1v) is 7.67. The van der Waals surface area contributed by atoms with Crippen LogP contribution in [0.1, 0.15) is 29.5 Å². The van der Waals surface area contributed by atoms with Gasteiger partial charge in [0.2, 0.25) is 0 Å². The lowest BCUT2D eigenvalue weighted by atomic mass is 9.98. The van der Waals surface area contributed by atoms with Gasteiger partial charge in [-0.15, -0.1) is 11.3 Å². The number of anilines is 2. The van der Waals surface area contributed by atoms with E-state index < -0.39 is 0 Å². The molecular formula is C15H18FN3S. The number of benzene rings is 1. The molecule has 5 heteroatoms. The summed E-state index contributed by atoms with van der Waals surface area (Å²) in [5.41, 5.74) is 2.00. The second-order valence-corrected chi connectivity index (χ2v) is 6.14. The third-order valence-corrected chi connectivity index (χ3v) is 4.98. The smallest absolute Gasteiger partial charge is 0.190 e. The molecule has 1 N–H and O–H groups in total. The summed E-state index contributed by atoms with van der Waals surface area (Å²) in [6.45, 7) is 0. The Morgan fingerprint density at radius 1 is 1.45 bits per heavy atom. The van der Waals surface area contributed by atoms with Crippen LogP contribution in [0.5, 0.6) is 0 Å². The Bertz CT molecular complexity index is 611. The molecule has 1 aliphatic carbocycles. The fourth-order valence-corrected chi connectivity index (χ4v) is 3.77. The summed E-state index contributed by atoms with van der Waals surface area (Å²) < 4.78 is 13.3. The van der Waals surface area contributed by atoms with Gasteiger partial charge in [0.15, 0.2) is 5.13 Å². The third-order valence-electron chi connectivity index (χ3n) is 3.77. The Morgan fingerprint density at radius 3 is 3.05 bits per heavy atom. The van der Waals surface area contributed by atoms with E-state index in [0.717, 1.165) is 23.7 Å². The molecule has 2 aromatic rings. The van der Waals surface area contributed by atoms with E-state index in [2.05, 4.69) is 5.32 Å². The number of fused-ring (bicyclic) bond motifs is 1. The molecule has 106 valence electrons. The SMILES string of the molecule is CNC1CCCc2sc(N(C)c3cccc(F)c3)nc21. The highest BCUT2D eigenvalue weighted by Gasteiger charge is 2.24. The van der Waals surface area contributed by atoms with E-state index in [9.17, 15) is 4.39 Å². The predicted molar refractivity (Wildman–Crippen MR) is 81.3 cm³/mol. The van der Waals surface area contributed by atoms with Gasteiger partial charge < -0.3 is 10.2 Å². The number of aryl methyl sites for hydroxylation is 1. The first kappa shape index (κ1) is 13.5. The highest BCUT2D eigenvalue weighted by molar-refractivity contribution is 7.15. The largest absolute Gasteiger partial charge is 0.321 e. The molecule has 0 amide bonds. The Balaban J connectivity index is 1.93. The third kappa shape index (κ3) is 2.43. The van der Waals surface area contributed by atoms with Crippen molar-refractivity contribution >= 4 is 22.2 Å². The molecular weight excluding hydrogens is 273 g/mol. The number of hydrogen-bond acceptors (Lipinski definition) is 4. The summed E-state index contributed by atoms with van der Waals surface area (Å²) in [6.07, 6.45) is 3.43. The second kappa shape index (κ2) is 5.50. The number of nitrogens with zero attached hydrogens (tertiary/aromatic N) is 2. The lowest BCUT2D eigenvalue weighted by molar-refractivity contribution is 0.490. The van der Waals surface area contributed by atoms with Crippen molar-refractivity contribution < 1.29 is 4.39 Å². The number of nitrogens with one attached hydrogen (secondary N) is 1. The van der Waals surface area contributed by atoms with Crippen molar-refractivity contribution in [3.05, 3.63) is 40.7 Å².